The molecule has 2 atom stereocenters. The molecule has 26 heavy (non-hydrogen) atoms. The number of anilines is 1. The minimum Gasteiger partial charge on any atom is -0.497 e. The molecule has 0 aromatic heterocycles. The molecule has 2 aromatic rings. The molecule has 1 N–H and O–H groups in total. The topological polar surface area (TPSA) is 47.6 Å². The van der Waals surface area contributed by atoms with Crippen molar-refractivity contribution in [2.24, 2.45) is 5.92 Å². The molecule has 0 saturated heterocycles. The lowest BCUT2D eigenvalue weighted by molar-refractivity contribution is -0.137. The first-order valence-electron chi connectivity index (χ1n) is 8.03. The number of amides is 1. The zero-order chi connectivity index (χ0) is 18.9. The molecule has 0 aliphatic heterocycles. The zero-order valence-electron chi connectivity index (χ0n) is 14.3. The van der Waals surface area contributed by atoms with Gasteiger partial charge in [-0.15, -0.1) is 0 Å². The molecule has 0 spiro atoms. The summed E-state index contributed by atoms with van der Waals surface area (Å²) in [7, 11) is 3.03. The van der Waals surface area contributed by atoms with Crippen molar-refractivity contribution in [2.45, 2.75) is 18.5 Å². The van der Waals surface area contributed by atoms with E-state index in [-0.39, 0.29) is 17.7 Å². The van der Waals surface area contributed by atoms with Crippen LogP contribution in [0.1, 0.15) is 23.5 Å². The molecule has 1 amide bonds. The summed E-state index contributed by atoms with van der Waals surface area (Å²) in [5.41, 5.74) is 0.594. The third-order valence-electron chi connectivity index (χ3n) is 4.41. The Kier molecular flexibility index (Phi) is 4.80. The number of carbonyl (C=O) groups excluding carboxylic acids is 1. The molecule has 1 fully saturated rings. The average molecular weight is 365 g/mol. The largest absolute Gasteiger partial charge is 0.497 e. The van der Waals surface area contributed by atoms with Crippen molar-refractivity contribution in [1.29, 1.82) is 0 Å². The maximum Gasteiger partial charge on any atom is 0.416 e. The Morgan fingerprint density at radius 2 is 1.62 bits per heavy atom. The van der Waals surface area contributed by atoms with Crippen molar-refractivity contribution in [3.05, 3.63) is 53.6 Å². The minimum atomic E-state index is -4.36. The van der Waals surface area contributed by atoms with Gasteiger partial charge in [0.2, 0.25) is 5.91 Å². The summed E-state index contributed by atoms with van der Waals surface area (Å²) < 4.78 is 48.2. The predicted octanol–water partition coefficient (Wildman–Crippen LogP) is 4.46. The Balaban J connectivity index is 1.66. The number of carbonyl (C=O) groups is 1. The molecule has 3 rings (SSSR count). The van der Waals surface area contributed by atoms with Crippen LogP contribution in [0.25, 0.3) is 0 Å². The van der Waals surface area contributed by atoms with Gasteiger partial charge in [0.1, 0.15) is 11.5 Å². The van der Waals surface area contributed by atoms with Crippen molar-refractivity contribution in [3.63, 3.8) is 0 Å². The maximum absolute atomic E-state index is 12.6. The lowest BCUT2D eigenvalue weighted by Gasteiger charge is -2.10. The molecule has 138 valence electrons. The van der Waals surface area contributed by atoms with E-state index in [0.717, 1.165) is 17.7 Å². The standard InChI is InChI=1S/C19H18F3NO3/c1-25-14-7-13(8-15(9-14)26-2)23-18(24)17-10-16(17)11-3-5-12(6-4-11)19(20,21)22/h3-9,16-17H,10H2,1-2H3,(H,23,24). The molecule has 1 aliphatic carbocycles. The Labute approximate surface area is 148 Å². The maximum atomic E-state index is 12.6. The molecule has 0 radical (unpaired) electrons. The van der Waals surface area contributed by atoms with Gasteiger partial charge in [-0.25, -0.2) is 0 Å². The average Bonchev–Trinajstić information content (AvgIpc) is 3.41. The van der Waals surface area contributed by atoms with Crippen molar-refractivity contribution in [2.75, 3.05) is 19.5 Å². The van der Waals surface area contributed by atoms with Crippen molar-refractivity contribution < 1.29 is 27.4 Å². The summed E-state index contributed by atoms with van der Waals surface area (Å²) in [5, 5.41) is 2.81. The van der Waals surface area contributed by atoms with Crippen LogP contribution in [-0.4, -0.2) is 20.1 Å². The van der Waals surface area contributed by atoms with Crippen LogP contribution in [0.5, 0.6) is 11.5 Å². The Morgan fingerprint density at radius 1 is 1.04 bits per heavy atom. The van der Waals surface area contributed by atoms with Crippen LogP contribution in [-0.2, 0) is 11.0 Å². The summed E-state index contributed by atoms with van der Waals surface area (Å²) in [6, 6.07) is 10.0. The van der Waals surface area contributed by atoms with E-state index < -0.39 is 11.7 Å². The van der Waals surface area contributed by atoms with E-state index in [0.29, 0.717) is 23.6 Å². The van der Waals surface area contributed by atoms with Crippen LogP contribution >= 0.6 is 0 Å². The molecule has 4 nitrogen and oxygen atoms in total. The van der Waals surface area contributed by atoms with E-state index in [1.54, 1.807) is 18.2 Å². The summed E-state index contributed by atoms with van der Waals surface area (Å²) >= 11 is 0. The molecule has 1 saturated carbocycles. The van der Waals surface area contributed by atoms with Crippen LogP contribution < -0.4 is 14.8 Å². The van der Waals surface area contributed by atoms with Gasteiger partial charge in [-0.1, -0.05) is 12.1 Å². The van der Waals surface area contributed by atoms with Gasteiger partial charge < -0.3 is 14.8 Å². The van der Waals surface area contributed by atoms with E-state index in [4.69, 9.17) is 9.47 Å². The first kappa shape index (κ1) is 18.1. The highest BCUT2D eigenvalue weighted by atomic mass is 19.4. The smallest absolute Gasteiger partial charge is 0.416 e. The van der Waals surface area contributed by atoms with Gasteiger partial charge in [0, 0.05) is 29.8 Å². The van der Waals surface area contributed by atoms with Crippen molar-refractivity contribution in [3.8, 4) is 11.5 Å². The van der Waals surface area contributed by atoms with E-state index >= 15 is 0 Å². The van der Waals surface area contributed by atoms with E-state index in [2.05, 4.69) is 5.32 Å². The SMILES string of the molecule is COc1cc(NC(=O)C2CC2c2ccc(C(F)(F)F)cc2)cc(OC)c1. The number of hydrogen-bond acceptors (Lipinski definition) is 3. The number of benzene rings is 2. The molecule has 1 aliphatic rings. The van der Waals surface area contributed by atoms with Gasteiger partial charge in [0.25, 0.3) is 0 Å². The second kappa shape index (κ2) is 6.90. The summed E-state index contributed by atoms with van der Waals surface area (Å²) in [5.74, 6) is 0.600. The second-order valence-electron chi connectivity index (χ2n) is 6.16. The predicted molar refractivity (Wildman–Crippen MR) is 90.5 cm³/mol. The number of hydrogen-bond donors (Lipinski definition) is 1. The van der Waals surface area contributed by atoms with Gasteiger partial charge in [-0.3, -0.25) is 4.79 Å². The summed E-state index contributed by atoms with van der Waals surface area (Å²) in [4.78, 5) is 12.4. The van der Waals surface area contributed by atoms with Crippen LogP contribution in [0.4, 0.5) is 18.9 Å². The molecule has 2 aromatic carbocycles. The van der Waals surface area contributed by atoms with E-state index in [9.17, 15) is 18.0 Å². The molecule has 7 heteroatoms. The normalized spacial score (nSPS) is 19.0. The van der Waals surface area contributed by atoms with E-state index in [1.165, 1.54) is 26.4 Å². The van der Waals surface area contributed by atoms with Crippen molar-refractivity contribution >= 4 is 11.6 Å². The number of halogens is 3. The number of methoxy groups -OCH3 is 2. The third kappa shape index (κ3) is 3.92. The molecular weight excluding hydrogens is 347 g/mol. The Bertz CT molecular complexity index is 780. The van der Waals surface area contributed by atoms with Gasteiger partial charge in [0.05, 0.1) is 19.8 Å². The number of ether oxygens (including phenoxy) is 2. The molecule has 0 bridgehead atoms. The van der Waals surface area contributed by atoms with Crippen LogP contribution in [0, 0.1) is 5.92 Å². The Morgan fingerprint density at radius 3 is 2.12 bits per heavy atom. The minimum absolute atomic E-state index is 0.0650. The summed E-state index contributed by atoms with van der Waals surface area (Å²) in [6.07, 6.45) is -3.75. The van der Waals surface area contributed by atoms with Gasteiger partial charge in [0.15, 0.2) is 0 Å². The van der Waals surface area contributed by atoms with Crippen LogP contribution in [0.2, 0.25) is 0 Å². The molecule has 0 heterocycles. The fourth-order valence-corrected chi connectivity index (χ4v) is 2.89. The summed E-state index contributed by atoms with van der Waals surface area (Å²) in [6.45, 7) is 0. The van der Waals surface area contributed by atoms with E-state index in [1.807, 2.05) is 0 Å². The highest BCUT2D eigenvalue weighted by Crippen LogP contribution is 2.48. The third-order valence-corrected chi connectivity index (χ3v) is 4.41. The van der Waals surface area contributed by atoms with Gasteiger partial charge in [-0.2, -0.15) is 13.2 Å². The monoisotopic (exact) mass is 365 g/mol. The lowest BCUT2D eigenvalue weighted by atomic mass is 10.1. The fraction of sp³-hybridized carbons (Fsp3) is 0.316. The zero-order valence-corrected chi connectivity index (χ0v) is 14.3. The Hall–Kier alpha value is -2.70. The first-order valence-corrected chi connectivity index (χ1v) is 8.03. The fourth-order valence-electron chi connectivity index (χ4n) is 2.89. The number of rotatable bonds is 5. The number of alkyl halides is 3. The first-order chi connectivity index (χ1) is 12.3. The highest BCUT2D eigenvalue weighted by Gasteiger charge is 2.44. The second-order valence-corrected chi connectivity index (χ2v) is 6.16. The quantitative estimate of drug-likeness (QED) is 0.851. The number of nitrogens with one attached hydrogen (secondary N) is 1. The highest BCUT2D eigenvalue weighted by molar-refractivity contribution is 5.95. The van der Waals surface area contributed by atoms with Gasteiger partial charge >= 0.3 is 6.18 Å². The van der Waals surface area contributed by atoms with Crippen molar-refractivity contribution in [1.82, 2.24) is 0 Å². The van der Waals surface area contributed by atoms with Gasteiger partial charge in [-0.05, 0) is 30.0 Å². The lowest BCUT2D eigenvalue weighted by Crippen LogP contribution is -2.14. The molecular formula is C19H18F3NO3. The van der Waals surface area contributed by atoms with Crippen LogP contribution in [0.3, 0.4) is 0 Å². The van der Waals surface area contributed by atoms with Crippen LogP contribution in [0.15, 0.2) is 42.5 Å². The molecule has 2 unspecified atom stereocenters.